The molecule has 0 unspecified atom stereocenters. The number of nitrogens with zero attached hydrogens (tertiary/aromatic N) is 2. The van der Waals surface area contributed by atoms with Crippen LogP contribution in [0.3, 0.4) is 0 Å². The molecule has 0 aliphatic rings. The Bertz CT molecular complexity index is 592. The predicted octanol–water partition coefficient (Wildman–Crippen LogP) is 2.77. The van der Waals surface area contributed by atoms with E-state index >= 15 is 0 Å². The molecule has 0 saturated heterocycles. The van der Waals surface area contributed by atoms with E-state index in [1.54, 1.807) is 6.20 Å². The zero-order chi connectivity index (χ0) is 13.8. The first kappa shape index (κ1) is 13.7. The minimum Gasteiger partial charge on any atom is -0.329 e. The van der Waals surface area contributed by atoms with E-state index in [1.807, 2.05) is 49.9 Å². The molecule has 0 fully saturated rings. The molecule has 1 amide bonds. The van der Waals surface area contributed by atoms with Gasteiger partial charge in [0.1, 0.15) is 0 Å². The molecule has 0 radical (unpaired) electrons. The van der Waals surface area contributed by atoms with Gasteiger partial charge in [-0.3, -0.25) is 4.79 Å². The highest BCUT2D eigenvalue weighted by atomic mass is 32.2. The summed E-state index contributed by atoms with van der Waals surface area (Å²) in [5, 5.41) is 3.78. The standard InChI is InChI=1S/C14H17N3OS/c1-10-5-4-6-12(11(10)2)16-13(18)9-19-14-15-7-8-17(14)3/h4-8H,9H2,1-3H3,(H,16,18). The van der Waals surface area contributed by atoms with Gasteiger partial charge >= 0.3 is 0 Å². The van der Waals surface area contributed by atoms with Gasteiger partial charge in [-0.2, -0.15) is 0 Å². The van der Waals surface area contributed by atoms with Gasteiger partial charge in [0.15, 0.2) is 5.16 Å². The van der Waals surface area contributed by atoms with E-state index < -0.39 is 0 Å². The van der Waals surface area contributed by atoms with Gasteiger partial charge in [-0.1, -0.05) is 23.9 Å². The minimum absolute atomic E-state index is 0.0123. The fraction of sp³-hybridized carbons (Fsp3) is 0.286. The summed E-state index contributed by atoms with van der Waals surface area (Å²) >= 11 is 1.43. The van der Waals surface area contributed by atoms with Crippen LogP contribution >= 0.6 is 11.8 Å². The van der Waals surface area contributed by atoms with Crippen LogP contribution in [-0.4, -0.2) is 21.2 Å². The van der Waals surface area contributed by atoms with Gasteiger partial charge < -0.3 is 9.88 Å². The molecule has 2 rings (SSSR count). The molecule has 1 heterocycles. The Hall–Kier alpha value is -1.75. The van der Waals surface area contributed by atoms with Crippen LogP contribution in [0.4, 0.5) is 5.69 Å². The van der Waals surface area contributed by atoms with Crippen molar-refractivity contribution >= 4 is 23.4 Å². The van der Waals surface area contributed by atoms with Crippen molar-refractivity contribution in [1.29, 1.82) is 0 Å². The Balaban J connectivity index is 1.95. The van der Waals surface area contributed by atoms with Gasteiger partial charge in [0.2, 0.25) is 5.91 Å². The number of benzene rings is 1. The zero-order valence-electron chi connectivity index (χ0n) is 11.3. The van der Waals surface area contributed by atoms with E-state index in [-0.39, 0.29) is 5.91 Å². The second kappa shape index (κ2) is 5.93. The number of amides is 1. The van der Waals surface area contributed by atoms with E-state index in [9.17, 15) is 4.79 Å². The van der Waals surface area contributed by atoms with E-state index in [0.717, 1.165) is 16.4 Å². The summed E-state index contributed by atoms with van der Waals surface area (Å²) in [5.41, 5.74) is 3.16. The van der Waals surface area contributed by atoms with Crippen molar-refractivity contribution in [2.75, 3.05) is 11.1 Å². The van der Waals surface area contributed by atoms with Crippen molar-refractivity contribution in [1.82, 2.24) is 9.55 Å². The number of carbonyl (C=O) groups is 1. The molecule has 2 aromatic rings. The molecule has 0 aliphatic heterocycles. The number of nitrogens with one attached hydrogen (secondary N) is 1. The summed E-state index contributed by atoms with van der Waals surface area (Å²) < 4.78 is 1.90. The maximum atomic E-state index is 11.9. The molecule has 0 spiro atoms. The number of aromatic nitrogens is 2. The van der Waals surface area contributed by atoms with Crippen molar-refractivity contribution < 1.29 is 4.79 Å². The molecule has 5 heteroatoms. The Kier molecular flexibility index (Phi) is 4.27. The summed E-state index contributed by atoms with van der Waals surface area (Å²) in [5.74, 6) is 0.347. The second-order valence-electron chi connectivity index (χ2n) is 4.41. The van der Waals surface area contributed by atoms with E-state index in [2.05, 4.69) is 10.3 Å². The minimum atomic E-state index is -0.0123. The predicted molar refractivity (Wildman–Crippen MR) is 78.5 cm³/mol. The van der Waals surface area contributed by atoms with Crippen LogP contribution in [0.15, 0.2) is 35.7 Å². The average Bonchev–Trinajstić information content (AvgIpc) is 2.78. The number of hydrogen-bond donors (Lipinski definition) is 1. The Morgan fingerprint density at radius 3 is 2.89 bits per heavy atom. The first-order chi connectivity index (χ1) is 9.08. The molecule has 100 valence electrons. The maximum absolute atomic E-state index is 11.9. The third-order valence-corrected chi connectivity index (χ3v) is 4.05. The molecular weight excluding hydrogens is 258 g/mol. The Morgan fingerprint density at radius 2 is 2.21 bits per heavy atom. The van der Waals surface area contributed by atoms with Crippen LogP contribution in [0.1, 0.15) is 11.1 Å². The smallest absolute Gasteiger partial charge is 0.234 e. The van der Waals surface area contributed by atoms with Crippen LogP contribution in [-0.2, 0) is 11.8 Å². The lowest BCUT2D eigenvalue weighted by Crippen LogP contribution is -2.15. The molecule has 0 aliphatic carbocycles. The first-order valence-electron chi connectivity index (χ1n) is 6.04. The van der Waals surface area contributed by atoms with Gasteiger partial charge in [0, 0.05) is 25.1 Å². The molecule has 1 N–H and O–H groups in total. The number of carbonyl (C=O) groups excluding carboxylic acids is 1. The van der Waals surface area contributed by atoms with Gasteiger partial charge in [0.25, 0.3) is 0 Å². The largest absolute Gasteiger partial charge is 0.329 e. The van der Waals surface area contributed by atoms with E-state index in [4.69, 9.17) is 0 Å². The molecule has 0 atom stereocenters. The van der Waals surface area contributed by atoms with Gasteiger partial charge in [-0.05, 0) is 31.0 Å². The number of rotatable bonds is 4. The average molecular weight is 275 g/mol. The number of aryl methyl sites for hydroxylation is 2. The van der Waals surface area contributed by atoms with Crippen LogP contribution < -0.4 is 5.32 Å². The van der Waals surface area contributed by atoms with Crippen LogP contribution in [0.5, 0.6) is 0 Å². The van der Waals surface area contributed by atoms with Crippen molar-refractivity contribution in [3.63, 3.8) is 0 Å². The lowest BCUT2D eigenvalue weighted by molar-refractivity contribution is -0.113. The SMILES string of the molecule is Cc1cccc(NC(=O)CSc2nccn2C)c1C. The fourth-order valence-corrected chi connectivity index (χ4v) is 2.43. The summed E-state index contributed by atoms with van der Waals surface area (Å²) in [7, 11) is 1.91. The number of anilines is 1. The lowest BCUT2D eigenvalue weighted by atomic mass is 10.1. The summed E-state index contributed by atoms with van der Waals surface area (Å²) in [4.78, 5) is 16.1. The van der Waals surface area contributed by atoms with Gasteiger partial charge in [-0.25, -0.2) is 4.98 Å². The third kappa shape index (κ3) is 3.38. The highest BCUT2D eigenvalue weighted by Gasteiger charge is 2.08. The number of imidazole rings is 1. The highest BCUT2D eigenvalue weighted by Crippen LogP contribution is 2.19. The van der Waals surface area contributed by atoms with Crippen molar-refractivity contribution in [2.45, 2.75) is 19.0 Å². The third-order valence-electron chi connectivity index (χ3n) is 2.99. The van der Waals surface area contributed by atoms with Crippen molar-refractivity contribution in [2.24, 2.45) is 7.05 Å². The van der Waals surface area contributed by atoms with Crippen LogP contribution in [0.25, 0.3) is 0 Å². The second-order valence-corrected chi connectivity index (χ2v) is 5.35. The van der Waals surface area contributed by atoms with Gasteiger partial charge in [-0.15, -0.1) is 0 Å². The lowest BCUT2D eigenvalue weighted by Gasteiger charge is -2.10. The highest BCUT2D eigenvalue weighted by molar-refractivity contribution is 7.99. The Labute approximate surface area is 117 Å². The molecule has 19 heavy (non-hydrogen) atoms. The topological polar surface area (TPSA) is 46.9 Å². The molecule has 1 aromatic heterocycles. The summed E-state index contributed by atoms with van der Waals surface area (Å²) in [6.45, 7) is 4.05. The molecular formula is C14H17N3OS. The van der Waals surface area contributed by atoms with Crippen molar-refractivity contribution in [3.05, 3.63) is 41.7 Å². The summed E-state index contributed by atoms with van der Waals surface area (Å²) in [6.07, 6.45) is 3.59. The number of hydrogen-bond acceptors (Lipinski definition) is 3. The van der Waals surface area contributed by atoms with Crippen LogP contribution in [0.2, 0.25) is 0 Å². The maximum Gasteiger partial charge on any atom is 0.234 e. The van der Waals surface area contributed by atoms with E-state index in [0.29, 0.717) is 5.75 Å². The molecule has 0 saturated carbocycles. The van der Waals surface area contributed by atoms with Crippen molar-refractivity contribution in [3.8, 4) is 0 Å². The summed E-state index contributed by atoms with van der Waals surface area (Å²) in [6, 6.07) is 5.91. The fourth-order valence-electron chi connectivity index (χ4n) is 1.69. The Morgan fingerprint density at radius 1 is 1.42 bits per heavy atom. The van der Waals surface area contributed by atoms with Crippen LogP contribution in [0, 0.1) is 13.8 Å². The van der Waals surface area contributed by atoms with Gasteiger partial charge in [0.05, 0.1) is 5.75 Å². The molecule has 1 aromatic carbocycles. The molecule has 0 bridgehead atoms. The monoisotopic (exact) mass is 275 g/mol. The van der Waals surface area contributed by atoms with E-state index in [1.165, 1.54) is 17.3 Å². The number of thioether (sulfide) groups is 1. The molecule has 4 nitrogen and oxygen atoms in total. The quantitative estimate of drug-likeness (QED) is 0.873. The first-order valence-corrected chi connectivity index (χ1v) is 7.02. The zero-order valence-corrected chi connectivity index (χ0v) is 12.1. The normalized spacial score (nSPS) is 10.5.